The third kappa shape index (κ3) is 2.31. The van der Waals surface area contributed by atoms with Gasteiger partial charge in [-0.25, -0.2) is 4.98 Å². The summed E-state index contributed by atoms with van der Waals surface area (Å²) in [6, 6.07) is 1.34. The van der Waals surface area contributed by atoms with Crippen molar-refractivity contribution in [3.8, 4) is 6.19 Å². The molecule has 1 aromatic heterocycles. The molecule has 6 heteroatoms. The lowest BCUT2D eigenvalue weighted by Crippen LogP contribution is -2.17. The maximum Gasteiger partial charge on any atom is 0.265 e. The predicted octanol–water partition coefficient (Wildman–Crippen LogP) is 1.60. The minimum atomic E-state index is -0.562. The van der Waals surface area contributed by atoms with Crippen molar-refractivity contribution in [1.29, 1.82) is 5.26 Å². The van der Waals surface area contributed by atoms with Crippen molar-refractivity contribution in [2.45, 2.75) is 0 Å². The molecule has 1 rings (SSSR count). The molecule has 0 aromatic carbocycles. The first-order chi connectivity index (χ1) is 6.15. The van der Waals surface area contributed by atoms with Crippen molar-refractivity contribution in [3.05, 3.63) is 28.0 Å². The summed E-state index contributed by atoms with van der Waals surface area (Å²) in [5, 5.41) is 10.4. The molecule has 66 valence electrons. The summed E-state index contributed by atoms with van der Waals surface area (Å²) in [5.74, 6) is -0.562. The molecule has 1 N–H and O–H groups in total. The summed E-state index contributed by atoms with van der Waals surface area (Å²) in [6.45, 7) is 0. The quantitative estimate of drug-likeness (QED) is 0.440. The van der Waals surface area contributed by atoms with Crippen LogP contribution >= 0.6 is 23.2 Å². The molecule has 0 bridgehead atoms. The number of carbonyl (C=O) groups is 1. The number of pyridine rings is 1. The highest BCUT2D eigenvalue weighted by molar-refractivity contribution is 6.41. The van der Waals surface area contributed by atoms with Gasteiger partial charge in [-0.05, 0) is 6.07 Å². The predicted molar refractivity (Wildman–Crippen MR) is 47.3 cm³/mol. The van der Waals surface area contributed by atoms with Gasteiger partial charge in [0.15, 0.2) is 6.19 Å². The zero-order chi connectivity index (χ0) is 9.84. The van der Waals surface area contributed by atoms with Gasteiger partial charge >= 0.3 is 0 Å². The maximum absolute atomic E-state index is 11.0. The number of nitrogens with one attached hydrogen (secondary N) is 1. The smallest absolute Gasteiger partial charge is 0.265 e. The minimum absolute atomic E-state index is 0.121. The molecule has 0 atom stereocenters. The highest BCUT2D eigenvalue weighted by atomic mass is 35.5. The maximum atomic E-state index is 11.0. The molecular weight excluding hydrogens is 213 g/mol. The second-order valence-corrected chi connectivity index (χ2v) is 2.83. The number of aromatic nitrogens is 1. The lowest BCUT2D eigenvalue weighted by molar-refractivity contribution is 0.0972. The number of rotatable bonds is 1. The van der Waals surface area contributed by atoms with E-state index in [4.69, 9.17) is 28.5 Å². The van der Waals surface area contributed by atoms with E-state index in [-0.39, 0.29) is 15.7 Å². The van der Waals surface area contributed by atoms with E-state index in [1.165, 1.54) is 18.5 Å². The van der Waals surface area contributed by atoms with E-state index >= 15 is 0 Å². The van der Waals surface area contributed by atoms with Crippen LogP contribution in [0.2, 0.25) is 10.2 Å². The van der Waals surface area contributed by atoms with Crippen LogP contribution in [-0.2, 0) is 0 Å². The summed E-state index contributed by atoms with van der Waals surface area (Å²) >= 11 is 11.1. The molecular formula is C7H3Cl2N3O. The lowest BCUT2D eigenvalue weighted by atomic mass is 10.3. The van der Waals surface area contributed by atoms with Crippen LogP contribution in [0.3, 0.4) is 0 Å². The summed E-state index contributed by atoms with van der Waals surface area (Å²) in [7, 11) is 0. The van der Waals surface area contributed by atoms with Crippen LogP contribution in [0.15, 0.2) is 12.3 Å². The Labute approximate surface area is 84.1 Å². The molecule has 1 aromatic rings. The number of amides is 1. The summed E-state index contributed by atoms with van der Waals surface area (Å²) < 4.78 is 0. The van der Waals surface area contributed by atoms with Gasteiger partial charge in [0.2, 0.25) is 0 Å². The van der Waals surface area contributed by atoms with Crippen molar-refractivity contribution >= 4 is 29.1 Å². The molecule has 0 fully saturated rings. The molecule has 0 spiro atoms. The number of nitriles is 1. The Bertz CT molecular complexity index is 386. The van der Waals surface area contributed by atoms with Gasteiger partial charge in [-0.2, -0.15) is 5.26 Å². The minimum Gasteiger partial charge on any atom is -0.268 e. The molecule has 0 aliphatic rings. The van der Waals surface area contributed by atoms with Crippen molar-refractivity contribution in [3.63, 3.8) is 0 Å². The Hall–Kier alpha value is -1.31. The number of halogens is 2. The summed E-state index contributed by atoms with van der Waals surface area (Å²) in [4.78, 5) is 14.7. The fourth-order valence-electron chi connectivity index (χ4n) is 0.668. The second-order valence-electron chi connectivity index (χ2n) is 2.06. The molecule has 1 amide bonds. The number of nitrogens with zero attached hydrogens (tertiary/aromatic N) is 2. The van der Waals surface area contributed by atoms with Gasteiger partial charge in [0, 0.05) is 6.20 Å². The van der Waals surface area contributed by atoms with Gasteiger partial charge in [-0.3, -0.25) is 10.1 Å². The molecule has 0 saturated carbocycles. The van der Waals surface area contributed by atoms with E-state index in [0.29, 0.717) is 0 Å². The first-order valence-corrected chi connectivity index (χ1v) is 3.91. The van der Waals surface area contributed by atoms with Crippen LogP contribution < -0.4 is 5.32 Å². The molecule has 0 aliphatic carbocycles. The number of hydrogen-bond donors (Lipinski definition) is 1. The van der Waals surface area contributed by atoms with Crippen molar-refractivity contribution in [2.24, 2.45) is 0 Å². The van der Waals surface area contributed by atoms with Gasteiger partial charge in [0.25, 0.3) is 5.91 Å². The summed E-state index contributed by atoms with van der Waals surface area (Å²) in [5.41, 5.74) is 0.191. The molecule has 4 nitrogen and oxygen atoms in total. The van der Waals surface area contributed by atoms with E-state index in [1.54, 1.807) is 0 Å². The van der Waals surface area contributed by atoms with Crippen molar-refractivity contribution in [1.82, 2.24) is 10.3 Å². The van der Waals surface area contributed by atoms with Gasteiger partial charge in [-0.1, -0.05) is 23.2 Å². The zero-order valence-corrected chi connectivity index (χ0v) is 7.73. The van der Waals surface area contributed by atoms with Crippen LogP contribution in [0.5, 0.6) is 0 Å². The van der Waals surface area contributed by atoms with E-state index in [2.05, 4.69) is 4.98 Å². The van der Waals surface area contributed by atoms with E-state index in [9.17, 15) is 4.79 Å². The van der Waals surface area contributed by atoms with Crippen LogP contribution in [-0.4, -0.2) is 10.9 Å². The molecule has 13 heavy (non-hydrogen) atoms. The average Bonchev–Trinajstić information content (AvgIpc) is 2.10. The molecule has 0 unspecified atom stereocenters. The number of carbonyl (C=O) groups excluding carboxylic acids is 1. The lowest BCUT2D eigenvalue weighted by Gasteiger charge is -1.98. The van der Waals surface area contributed by atoms with E-state index < -0.39 is 5.91 Å². The molecule has 0 radical (unpaired) electrons. The second kappa shape index (κ2) is 4.08. The van der Waals surface area contributed by atoms with Crippen LogP contribution in [0.4, 0.5) is 0 Å². The third-order valence-electron chi connectivity index (χ3n) is 1.23. The van der Waals surface area contributed by atoms with Gasteiger partial charge in [0.05, 0.1) is 10.6 Å². The highest BCUT2D eigenvalue weighted by Crippen LogP contribution is 2.19. The van der Waals surface area contributed by atoms with Gasteiger partial charge in [0.1, 0.15) is 5.15 Å². The zero-order valence-electron chi connectivity index (χ0n) is 6.21. The molecule has 0 aliphatic heterocycles. The number of hydrogen-bond acceptors (Lipinski definition) is 3. The van der Waals surface area contributed by atoms with Crippen LogP contribution in [0.25, 0.3) is 0 Å². The standard InChI is InChI=1S/C7H3Cl2N3O/c8-5-1-4(2-11-6(5)9)7(13)12-3-10/h1-2H,(H,12,13). The Morgan fingerprint density at radius 3 is 2.85 bits per heavy atom. The fourth-order valence-corrected chi connectivity index (χ4v) is 0.938. The first-order valence-electron chi connectivity index (χ1n) is 3.15. The SMILES string of the molecule is N#CNC(=O)c1cnc(Cl)c(Cl)c1. The Balaban J connectivity index is 2.98. The van der Waals surface area contributed by atoms with Crippen molar-refractivity contribution < 1.29 is 4.79 Å². The largest absolute Gasteiger partial charge is 0.268 e. The Morgan fingerprint density at radius 2 is 2.31 bits per heavy atom. The normalized spacial score (nSPS) is 9.00. The first kappa shape index (κ1) is 9.78. The summed E-state index contributed by atoms with van der Waals surface area (Å²) in [6.07, 6.45) is 2.73. The molecule has 0 saturated heterocycles. The third-order valence-corrected chi connectivity index (χ3v) is 1.91. The Morgan fingerprint density at radius 1 is 1.62 bits per heavy atom. The monoisotopic (exact) mass is 215 g/mol. The molecule has 1 heterocycles. The van der Waals surface area contributed by atoms with E-state index in [0.717, 1.165) is 0 Å². The van der Waals surface area contributed by atoms with Crippen LogP contribution in [0, 0.1) is 11.5 Å². The van der Waals surface area contributed by atoms with E-state index in [1.807, 2.05) is 5.32 Å². The van der Waals surface area contributed by atoms with Gasteiger partial charge < -0.3 is 0 Å². The van der Waals surface area contributed by atoms with Crippen molar-refractivity contribution in [2.75, 3.05) is 0 Å². The Kier molecular flexibility index (Phi) is 3.07. The topological polar surface area (TPSA) is 65.8 Å². The highest BCUT2D eigenvalue weighted by Gasteiger charge is 2.07. The average molecular weight is 216 g/mol. The van der Waals surface area contributed by atoms with Gasteiger partial charge in [-0.15, -0.1) is 0 Å². The fraction of sp³-hybridized carbons (Fsp3) is 0. The van der Waals surface area contributed by atoms with Crippen LogP contribution in [0.1, 0.15) is 10.4 Å².